The summed E-state index contributed by atoms with van der Waals surface area (Å²) in [5, 5.41) is -0.117. The van der Waals surface area contributed by atoms with Crippen molar-refractivity contribution in [1.82, 2.24) is 0 Å². The molecular formula is C5H8O2S2. The van der Waals surface area contributed by atoms with Crippen molar-refractivity contribution in [2.24, 2.45) is 0 Å². The van der Waals surface area contributed by atoms with E-state index in [0.29, 0.717) is 12.2 Å². The van der Waals surface area contributed by atoms with Crippen LogP contribution in [-0.2, 0) is 9.59 Å². The second-order valence-electron chi connectivity index (χ2n) is 1.48. The van der Waals surface area contributed by atoms with Crippen LogP contribution in [0.5, 0.6) is 0 Å². The summed E-state index contributed by atoms with van der Waals surface area (Å²) in [6.45, 7) is 1.48. The standard InChI is InChI=1S/C5H8O2S2/c1-4(6)9-3-2-5(7)8/h2-3H2,1H3,(H,7,8). The second kappa shape index (κ2) is 4.88. The van der Waals surface area contributed by atoms with E-state index >= 15 is 0 Å². The second-order valence-corrected chi connectivity index (χ2v) is 3.25. The fourth-order valence-corrected chi connectivity index (χ4v) is 1.12. The number of hydrogen-bond acceptors (Lipinski definition) is 3. The molecule has 0 aliphatic carbocycles. The van der Waals surface area contributed by atoms with Crippen LogP contribution in [0, 0.1) is 0 Å². The van der Waals surface area contributed by atoms with Gasteiger partial charge in [0.1, 0.15) is 0 Å². The van der Waals surface area contributed by atoms with Gasteiger partial charge >= 0.3 is 0 Å². The number of carbonyl (C=O) groups is 2. The summed E-state index contributed by atoms with van der Waals surface area (Å²) in [6, 6.07) is 0. The molecule has 0 fully saturated rings. The van der Waals surface area contributed by atoms with Gasteiger partial charge in [0.2, 0.25) is 0 Å². The quantitative estimate of drug-likeness (QED) is 0.634. The van der Waals surface area contributed by atoms with Gasteiger partial charge in [-0.25, -0.2) is 0 Å². The van der Waals surface area contributed by atoms with Crippen molar-refractivity contribution in [3.8, 4) is 0 Å². The number of thiol groups is 1. The van der Waals surface area contributed by atoms with E-state index in [-0.39, 0.29) is 10.2 Å². The normalized spacial score (nSPS) is 9.11. The molecular weight excluding hydrogens is 156 g/mol. The Morgan fingerprint density at radius 1 is 1.56 bits per heavy atom. The van der Waals surface area contributed by atoms with E-state index in [9.17, 15) is 9.59 Å². The topological polar surface area (TPSA) is 34.1 Å². The van der Waals surface area contributed by atoms with Crippen molar-refractivity contribution in [3.63, 3.8) is 0 Å². The van der Waals surface area contributed by atoms with Crippen LogP contribution in [0.3, 0.4) is 0 Å². The minimum atomic E-state index is -0.163. The molecule has 0 saturated heterocycles. The molecule has 0 aliphatic heterocycles. The fourth-order valence-electron chi connectivity index (χ4n) is 0.282. The average molecular weight is 164 g/mol. The SMILES string of the molecule is CC(=O)SCCC(=O)S. The molecule has 0 aromatic rings. The third-order valence-electron chi connectivity index (χ3n) is 0.621. The van der Waals surface area contributed by atoms with E-state index < -0.39 is 0 Å². The smallest absolute Gasteiger partial charge is 0.186 e. The lowest BCUT2D eigenvalue weighted by molar-refractivity contribution is -0.110. The van der Waals surface area contributed by atoms with Gasteiger partial charge in [-0.05, 0) is 0 Å². The van der Waals surface area contributed by atoms with Gasteiger partial charge in [0.25, 0.3) is 0 Å². The predicted molar refractivity (Wildman–Crippen MR) is 41.7 cm³/mol. The molecule has 0 atom stereocenters. The molecule has 0 spiro atoms. The molecule has 4 heteroatoms. The van der Waals surface area contributed by atoms with Crippen LogP contribution in [0.15, 0.2) is 0 Å². The van der Waals surface area contributed by atoms with Gasteiger partial charge in [-0.1, -0.05) is 11.8 Å². The summed E-state index contributed by atoms with van der Waals surface area (Å²) < 4.78 is 0. The van der Waals surface area contributed by atoms with Crippen LogP contribution in [-0.4, -0.2) is 16.0 Å². The molecule has 0 aromatic carbocycles. The first-order valence-corrected chi connectivity index (χ1v) is 3.91. The Bertz CT molecular complexity index is 108. The first-order chi connectivity index (χ1) is 4.13. The fraction of sp³-hybridized carbons (Fsp3) is 0.600. The van der Waals surface area contributed by atoms with Crippen LogP contribution in [0.1, 0.15) is 13.3 Å². The van der Waals surface area contributed by atoms with Crippen LogP contribution in [0.25, 0.3) is 0 Å². The molecule has 9 heavy (non-hydrogen) atoms. The lowest BCUT2D eigenvalue weighted by atomic mass is 10.5. The molecule has 52 valence electrons. The van der Waals surface area contributed by atoms with Crippen molar-refractivity contribution < 1.29 is 9.59 Å². The van der Waals surface area contributed by atoms with Crippen molar-refractivity contribution in [2.45, 2.75) is 13.3 Å². The van der Waals surface area contributed by atoms with E-state index in [1.54, 1.807) is 0 Å². The Balaban J connectivity index is 3.10. The molecule has 0 aliphatic rings. The molecule has 0 bridgehead atoms. The molecule has 0 heterocycles. The van der Waals surface area contributed by atoms with Crippen LogP contribution >= 0.6 is 24.4 Å². The molecule has 2 nitrogen and oxygen atoms in total. The summed E-state index contributed by atoms with van der Waals surface area (Å²) in [7, 11) is 0. The number of carbonyl (C=O) groups excluding carboxylic acids is 2. The summed E-state index contributed by atoms with van der Waals surface area (Å²) >= 11 is 4.69. The zero-order valence-electron chi connectivity index (χ0n) is 5.09. The summed E-state index contributed by atoms with van der Waals surface area (Å²) in [5.74, 6) is 0.553. The van der Waals surface area contributed by atoms with Crippen molar-refractivity contribution in [1.29, 1.82) is 0 Å². The van der Waals surface area contributed by atoms with Crippen LogP contribution < -0.4 is 0 Å². The largest absolute Gasteiger partial charge is 0.288 e. The zero-order valence-corrected chi connectivity index (χ0v) is 6.80. The Labute approximate surface area is 63.8 Å². The maximum atomic E-state index is 10.3. The lowest BCUT2D eigenvalue weighted by Gasteiger charge is -1.90. The van der Waals surface area contributed by atoms with E-state index in [4.69, 9.17) is 0 Å². The van der Waals surface area contributed by atoms with Gasteiger partial charge in [0, 0.05) is 19.1 Å². The van der Waals surface area contributed by atoms with Crippen molar-refractivity contribution >= 4 is 34.6 Å². The maximum absolute atomic E-state index is 10.3. The molecule has 0 N–H and O–H groups in total. The Morgan fingerprint density at radius 3 is 2.44 bits per heavy atom. The monoisotopic (exact) mass is 164 g/mol. The van der Waals surface area contributed by atoms with Gasteiger partial charge in [-0.3, -0.25) is 9.59 Å². The van der Waals surface area contributed by atoms with Gasteiger partial charge in [0.05, 0.1) is 0 Å². The van der Waals surface area contributed by atoms with Gasteiger partial charge < -0.3 is 0 Å². The highest BCUT2D eigenvalue weighted by molar-refractivity contribution is 8.13. The highest BCUT2D eigenvalue weighted by Gasteiger charge is 1.96. The van der Waals surface area contributed by atoms with Crippen molar-refractivity contribution in [2.75, 3.05) is 5.75 Å². The van der Waals surface area contributed by atoms with Gasteiger partial charge in [-0.2, -0.15) is 0 Å². The van der Waals surface area contributed by atoms with E-state index in [1.807, 2.05) is 0 Å². The summed E-state index contributed by atoms with van der Waals surface area (Å²) in [6.07, 6.45) is 0.368. The molecule has 0 rings (SSSR count). The molecule has 0 amide bonds. The minimum Gasteiger partial charge on any atom is -0.288 e. The van der Waals surface area contributed by atoms with Crippen molar-refractivity contribution in [3.05, 3.63) is 0 Å². The Hall–Kier alpha value is 0.0400. The lowest BCUT2D eigenvalue weighted by Crippen LogP contribution is -1.91. The zero-order chi connectivity index (χ0) is 7.28. The average Bonchev–Trinajstić information content (AvgIpc) is 1.63. The summed E-state index contributed by atoms with van der Waals surface area (Å²) in [4.78, 5) is 20.4. The Kier molecular flexibility index (Phi) is 4.90. The maximum Gasteiger partial charge on any atom is 0.186 e. The van der Waals surface area contributed by atoms with E-state index in [0.717, 1.165) is 11.8 Å². The molecule has 0 radical (unpaired) electrons. The van der Waals surface area contributed by atoms with Crippen LogP contribution in [0.2, 0.25) is 0 Å². The van der Waals surface area contributed by atoms with E-state index in [2.05, 4.69) is 12.6 Å². The van der Waals surface area contributed by atoms with E-state index in [1.165, 1.54) is 6.92 Å². The number of thioether (sulfide) groups is 1. The Morgan fingerprint density at radius 2 is 2.11 bits per heavy atom. The minimum absolute atomic E-state index is 0.0459. The number of rotatable bonds is 3. The summed E-state index contributed by atoms with van der Waals surface area (Å²) in [5.41, 5.74) is 0. The van der Waals surface area contributed by atoms with Crippen LogP contribution in [0.4, 0.5) is 0 Å². The molecule has 0 unspecified atom stereocenters. The number of hydrogen-bond donors (Lipinski definition) is 1. The molecule has 0 saturated carbocycles. The molecule has 0 aromatic heterocycles. The first-order valence-electron chi connectivity index (χ1n) is 2.48. The van der Waals surface area contributed by atoms with Gasteiger partial charge in [0.15, 0.2) is 10.2 Å². The highest BCUT2D eigenvalue weighted by atomic mass is 32.2. The first kappa shape index (κ1) is 9.04. The van der Waals surface area contributed by atoms with Gasteiger partial charge in [-0.15, -0.1) is 12.6 Å². The third-order valence-corrected chi connectivity index (χ3v) is 1.66. The third kappa shape index (κ3) is 8.04. The highest BCUT2D eigenvalue weighted by Crippen LogP contribution is 2.03. The predicted octanol–water partition coefficient (Wildman–Crippen LogP) is 1.11.